The van der Waals surface area contributed by atoms with Crippen LogP contribution in [-0.4, -0.2) is 13.1 Å². The van der Waals surface area contributed by atoms with E-state index >= 15 is 0 Å². The van der Waals surface area contributed by atoms with Gasteiger partial charge < -0.3 is 10.5 Å². The Morgan fingerprint density at radius 1 is 1.00 bits per heavy atom. The monoisotopic (exact) mass is 301 g/mol. The molecule has 1 atom stereocenters. The van der Waals surface area contributed by atoms with Crippen LogP contribution in [0.1, 0.15) is 11.6 Å². The number of benzene rings is 3. The number of fused-ring (bicyclic) bond motifs is 3. The largest absolute Gasteiger partial charge is 0.468 e. The van der Waals surface area contributed by atoms with E-state index in [1.54, 1.807) is 0 Å². The van der Waals surface area contributed by atoms with E-state index < -0.39 is 12.0 Å². The summed E-state index contributed by atoms with van der Waals surface area (Å²) in [5, 5.41) is 4.31. The lowest BCUT2D eigenvalue weighted by atomic mass is 9.94. The van der Waals surface area contributed by atoms with Crippen molar-refractivity contribution in [3.63, 3.8) is 0 Å². The number of carbonyl (C=O) groups excluding carboxylic acids is 1. The molecule has 0 bridgehead atoms. The lowest BCUT2D eigenvalue weighted by molar-refractivity contribution is -0.142. The molecule has 0 saturated carbocycles. The van der Waals surface area contributed by atoms with E-state index in [1.807, 2.05) is 48.5 Å². The van der Waals surface area contributed by atoms with E-state index in [9.17, 15) is 4.79 Å². The van der Waals surface area contributed by atoms with E-state index in [-0.39, 0.29) is 12.4 Å². The Balaban J connectivity index is 0.00000161. The van der Waals surface area contributed by atoms with Gasteiger partial charge in [-0.05, 0) is 33.2 Å². The third-order valence-electron chi connectivity index (χ3n) is 3.59. The second kappa shape index (κ2) is 6.12. The molecule has 0 aliphatic heterocycles. The first-order valence-corrected chi connectivity index (χ1v) is 6.46. The number of methoxy groups -OCH3 is 1. The first-order chi connectivity index (χ1) is 9.72. The fraction of sp³-hybridized carbons (Fsp3) is 0.118. The number of hydrogen-bond donors (Lipinski definition) is 1. The van der Waals surface area contributed by atoms with Gasteiger partial charge in [0.2, 0.25) is 0 Å². The van der Waals surface area contributed by atoms with E-state index in [1.165, 1.54) is 7.11 Å². The third-order valence-corrected chi connectivity index (χ3v) is 3.59. The Kier molecular flexibility index (Phi) is 4.46. The van der Waals surface area contributed by atoms with Gasteiger partial charge in [0.05, 0.1) is 7.11 Å². The van der Waals surface area contributed by atoms with Crippen LogP contribution in [0.3, 0.4) is 0 Å². The SMILES string of the molecule is COC(=O)[C@H](N)c1cc2ccccc2c2ccccc12.Cl. The van der Waals surface area contributed by atoms with Gasteiger partial charge in [0.1, 0.15) is 6.04 Å². The highest BCUT2D eigenvalue weighted by Gasteiger charge is 2.19. The van der Waals surface area contributed by atoms with E-state index in [2.05, 4.69) is 6.07 Å². The minimum absolute atomic E-state index is 0. The fourth-order valence-electron chi connectivity index (χ4n) is 2.59. The number of hydrogen-bond acceptors (Lipinski definition) is 3. The number of rotatable bonds is 2. The third kappa shape index (κ3) is 2.58. The van der Waals surface area contributed by atoms with Gasteiger partial charge >= 0.3 is 5.97 Å². The molecule has 3 rings (SSSR count). The summed E-state index contributed by atoms with van der Waals surface area (Å²) in [6.45, 7) is 0. The average Bonchev–Trinajstić information content (AvgIpc) is 2.52. The summed E-state index contributed by atoms with van der Waals surface area (Å²) in [6, 6.07) is 17.3. The van der Waals surface area contributed by atoms with Crippen LogP contribution < -0.4 is 5.73 Å². The Morgan fingerprint density at radius 2 is 1.57 bits per heavy atom. The van der Waals surface area contributed by atoms with Crippen LogP contribution in [0.5, 0.6) is 0 Å². The maximum absolute atomic E-state index is 11.7. The standard InChI is InChI=1S/C17H15NO2.ClH/c1-20-17(19)16(18)15-10-11-6-2-3-7-12(11)13-8-4-5-9-14(13)15;/h2-10,16H,18H2,1H3;1H/t16-;/m1./s1. The predicted octanol–water partition coefficient (Wildman–Crippen LogP) is 3.59. The van der Waals surface area contributed by atoms with Crippen molar-refractivity contribution in [2.24, 2.45) is 5.73 Å². The Labute approximate surface area is 129 Å². The molecule has 4 heteroatoms. The number of ether oxygens (including phenoxy) is 1. The number of nitrogens with two attached hydrogens (primary N) is 1. The molecule has 0 radical (unpaired) electrons. The van der Waals surface area contributed by atoms with Gasteiger partial charge in [-0.25, -0.2) is 0 Å². The zero-order valence-corrected chi connectivity index (χ0v) is 12.4. The molecule has 3 aromatic rings. The number of halogens is 1. The van der Waals surface area contributed by atoms with E-state index in [4.69, 9.17) is 10.5 Å². The fourth-order valence-corrected chi connectivity index (χ4v) is 2.59. The van der Waals surface area contributed by atoms with Gasteiger partial charge in [0.25, 0.3) is 0 Å². The van der Waals surface area contributed by atoms with Crippen LogP contribution >= 0.6 is 12.4 Å². The lowest BCUT2D eigenvalue weighted by Gasteiger charge is -2.15. The molecule has 0 spiro atoms. The summed E-state index contributed by atoms with van der Waals surface area (Å²) in [4.78, 5) is 11.7. The van der Waals surface area contributed by atoms with Crippen LogP contribution in [0.15, 0.2) is 54.6 Å². The molecule has 108 valence electrons. The Morgan fingerprint density at radius 3 is 2.24 bits per heavy atom. The molecule has 0 aromatic heterocycles. The first kappa shape index (κ1) is 15.3. The predicted molar refractivity (Wildman–Crippen MR) is 87.6 cm³/mol. The Bertz CT molecular complexity index is 801. The topological polar surface area (TPSA) is 52.3 Å². The molecule has 0 aliphatic carbocycles. The summed E-state index contributed by atoms with van der Waals surface area (Å²) in [5.41, 5.74) is 6.83. The summed E-state index contributed by atoms with van der Waals surface area (Å²) in [7, 11) is 1.35. The quantitative estimate of drug-likeness (QED) is 0.581. The van der Waals surface area contributed by atoms with Crippen molar-refractivity contribution < 1.29 is 9.53 Å². The molecule has 0 saturated heterocycles. The van der Waals surface area contributed by atoms with Crippen molar-refractivity contribution in [3.8, 4) is 0 Å². The van der Waals surface area contributed by atoms with Crippen LogP contribution in [0.2, 0.25) is 0 Å². The molecule has 2 N–H and O–H groups in total. The average molecular weight is 302 g/mol. The molecule has 0 aliphatic rings. The maximum atomic E-state index is 11.7. The van der Waals surface area contributed by atoms with Gasteiger partial charge in [-0.15, -0.1) is 12.4 Å². The van der Waals surface area contributed by atoms with Crippen molar-refractivity contribution in [2.75, 3.05) is 7.11 Å². The van der Waals surface area contributed by atoms with E-state index in [0.29, 0.717) is 0 Å². The van der Waals surface area contributed by atoms with Gasteiger partial charge in [-0.1, -0.05) is 48.5 Å². The van der Waals surface area contributed by atoms with Crippen molar-refractivity contribution >= 4 is 39.9 Å². The van der Waals surface area contributed by atoms with Crippen molar-refractivity contribution in [1.29, 1.82) is 0 Å². The maximum Gasteiger partial charge on any atom is 0.327 e. The van der Waals surface area contributed by atoms with Crippen LogP contribution in [-0.2, 0) is 9.53 Å². The highest BCUT2D eigenvalue weighted by atomic mass is 35.5. The summed E-state index contributed by atoms with van der Waals surface area (Å²) in [5.74, 6) is -0.426. The van der Waals surface area contributed by atoms with Crippen molar-refractivity contribution in [1.82, 2.24) is 0 Å². The first-order valence-electron chi connectivity index (χ1n) is 6.46. The molecular formula is C17H16ClNO2. The van der Waals surface area contributed by atoms with Crippen LogP contribution in [0.4, 0.5) is 0 Å². The van der Waals surface area contributed by atoms with Gasteiger partial charge in [0, 0.05) is 0 Å². The van der Waals surface area contributed by atoms with Crippen molar-refractivity contribution in [2.45, 2.75) is 6.04 Å². The highest BCUT2D eigenvalue weighted by Crippen LogP contribution is 2.31. The summed E-state index contributed by atoms with van der Waals surface area (Å²) < 4.78 is 4.76. The van der Waals surface area contributed by atoms with E-state index in [0.717, 1.165) is 27.1 Å². The smallest absolute Gasteiger partial charge is 0.327 e. The molecule has 3 aromatic carbocycles. The summed E-state index contributed by atoms with van der Waals surface area (Å²) in [6.07, 6.45) is 0. The second-order valence-corrected chi connectivity index (χ2v) is 4.73. The van der Waals surface area contributed by atoms with Crippen LogP contribution in [0.25, 0.3) is 21.5 Å². The highest BCUT2D eigenvalue weighted by molar-refractivity contribution is 6.10. The molecule has 21 heavy (non-hydrogen) atoms. The number of carbonyl (C=O) groups is 1. The number of esters is 1. The molecule has 0 fully saturated rings. The molecule has 0 unspecified atom stereocenters. The summed E-state index contributed by atoms with van der Waals surface area (Å²) >= 11 is 0. The zero-order valence-electron chi connectivity index (χ0n) is 11.6. The Hall–Kier alpha value is -2.10. The van der Waals surface area contributed by atoms with Gasteiger partial charge in [-0.3, -0.25) is 4.79 Å². The van der Waals surface area contributed by atoms with Gasteiger partial charge in [-0.2, -0.15) is 0 Å². The molecular weight excluding hydrogens is 286 g/mol. The molecule has 0 amide bonds. The molecule has 0 heterocycles. The molecule has 3 nitrogen and oxygen atoms in total. The minimum atomic E-state index is -0.769. The van der Waals surface area contributed by atoms with Crippen LogP contribution in [0, 0.1) is 0 Å². The zero-order chi connectivity index (χ0) is 14.1. The van der Waals surface area contributed by atoms with Crippen molar-refractivity contribution in [3.05, 3.63) is 60.2 Å². The minimum Gasteiger partial charge on any atom is -0.468 e. The normalized spacial score (nSPS) is 11.9. The van der Waals surface area contributed by atoms with Gasteiger partial charge in [0.15, 0.2) is 0 Å². The second-order valence-electron chi connectivity index (χ2n) is 4.73. The lowest BCUT2D eigenvalue weighted by Crippen LogP contribution is -2.22.